The van der Waals surface area contributed by atoms with E-state index in [1.54, 1.807) is 170 Å². The molecule has 8 aromatic carbocycles. The zero-order valence-corrected chi connectivity index (χ0v) is 57.5. The molecule has 0 N–H and O–H groups in total. The minimum Gasteiger partial charge on any atom is -0.545 e. The van der Waals surface area contributed by atoms with Crippen molar-refractivity contribution in [3.8, 4) is 0 Å². The second kappa shape index (κ2) is 43.7. The van der Waals surface area contributed by atoms with E-state index in [2.05, 4.69) is 68.5 Å². The fraction of sp³-hybridized carbons (Fsp3) is 0.154. The molecule has 0 saturated carbocycles. The number of aromatic nitrogens is 4. The molecule has 0 unspecified atom stereocenters. The fourth-order valence-corrected chi connectivity index (χ4v) is 8.62. The van der Waals surface area contributed by atoms with Gasteiger partial charge < -0.3 is 59.4 Å². The molecular formula is C78H70Ho2N4O12. The van der Waals surface area contributed by atoms with Gasteiger partial charge >= 0.3 is 75.5 Å². The summed E-state index contributed by atoms with van der Waals surface area (Å²) in [7, 11) is 0. The number of aromatic carboxylic acids is 6. The fourth-order valence-electron chi connectivity index (χ4n) is 8.62. The number of carboxylic acids is 6. The maximum absolute atomic E-state index is 10.3. The van der Waals surface area contributed by atoms with E-state index >= 15 is 0 Å². The van der Waals surface area contributed by atoms with Gasteiger partial charge in [0.15, 0.2) is 0 Å². The van der Waals surface area contributed by atoms with Crippen molar-refractivity contribution in [2.24, 2.45) is 0 Å². The van der Waals surface area contributed by atoms with Crippen LogP contribution in [0.4, 0.5) is 0 Å². The van der Waals surface area contributed by atoms with Crippen molar-refractivity contribution in [2.45, 2.75) is 80.1 Å². The van der Waals surface area contributed by atoms with Gasteiger partial charge in [-0.05, 0) is 130 Å². The van der Waals surface area contributed by atoms with E-state index in [1.807, 2.05) is 65.8 Å². The van der Waals surface area contributed by atoms with Crippen LogP contribution in [0.5, 0.6) is 0 Å². The second-order valence-corrected chi connectivity index (χ2v) is 20.5. The summed E-state index contributed by atoms with van der Waals surface area (Å²) in [5, 5.41) is 66.3. The van der Waals surface area contributed by atoms with Crippen LogP contribution in [0.1, 0.15) is 137 Å². The Kier molecular flexibility index (Phi) is 36.8. The Morgan fingerprint density at radius 3 is 0.479 bits per heavy atom. The smallest absolute Gasteiger partial charge is 0.545 e. The third-order valence-electron chi connectivity index (χ3n) is 14.3. The van der Waals surface area contributed by atoms with Gasteiger partial charge in [0, 0.05) is 46.3 Å². The van der Waals surface area contributed by atoms with E-state index in [-0.39, 0.29) is 109 Å². The zero-order valence-electron chi connectivity index (χ0n) is 53.6. The number of benzene rings is 8. The number of hydrogen-bond acceptors (Lipinski definition) is 16. The van der Waals surface area contributed by atoms with Gasteiger partial charge in [-0.3, -0.25) is 19.9 Å². The molecule has 16 nitrogen and oxygen atoms in total. The Bertz CT molecular complexity index is 3720. The zero-order chi connectivity index (χ0) is 68.4. The van der Waals surface area contributed by atoms with Crippen molar-refractivity contribution in [2.75, 3.05) is 0 Å². The molecule has 4 aromatic heterocycles. The van der Waals surface area contributed by atoms with Crippen molar-refractivity contribution < 1.29 is 135 Å². The third-order valence-corrected chi connectivity index (χ3v) is 14.3. The summed E-state index contributed by atoms with van der Waals surface area (Å²) in [4.78, 5) is 79.1. The molecule has 0 fully saturated rings. The Labute approximate surface area is 618 Å². The van der Waals surface area contributed by atoms with E-state index in [4.69, 9.17) is 0 Å². The normalized spacial score (nSPS) is 9.73. The molecule has 496 valence electrons. The van der Waals surface area contributed by atoms with Gasteiger partial charge in [0.2, 0.25) is 0 Å². The van der Waals surface area contributed by atoms with Crippen LogP contribution in [0.25, 0.3) is 43.6 Å². The van der Waals surface area contributed by atoms with Crippen LogP contribution in [-0.2, 0) is 38.5 Å². The van der Waals surface area contributed by atoms with Crippen molar-refractivity contribution in [3.05, 3.63) is 310 Å². The van der Waals surface area contributed by atoms with E-state index in [0.29, 0.717) is 0 Å². The molecule has 0 aliphatic carbocycles. The average Bonchev–Trinajstić information content (AvgIpc) is 0.811. The molecule has 4 heterocycles. The van der Waals surface area contributed by atoms with Crippen LogP contribution in [0.2, 0.25) is 0 Å². The number of aryl methyl sites for hydroxylation is 6. The summed E-state index contributed by atoms with van der Waals surface area (Å²) < 4.78 is 0. The first-order valence-electron chi connectivity index (χ1n) is 30.3. The molecular weight excluding hydrogens is 1510 g/mol. The summed E-state index contributed by atoms with van der Waals surface area (Å²) in [6.45, 7) is 12.1. The number of pyridine rings is 4. The second-order valence-electron chi connectivity index (χ2n) is 20.5. The number of carbonyl (C=O) groups excluding carboxylic acids is 6. The summed E-state index contributed by atoms with van der Waals surface area (Å²) in [6, 6.07) is 64.6. The summed E-state index contributed by atoms with van der Waals surface area (Å²) in [5.41, 5.74) is 12.1. The van der Waals surface area contributed by atoms with Gasteiger partial charge in [-0.2, -0.15) is 0 Å². The monoisotopic (exact) mass is 1580 g/mol. The Balaban J connectivity index is 0.000000286. The molecule has 18 heteroatoms. The topological polar surface area (TPSA) is 292 Å². The summed E-state index contributed by atoms with van der Waals surface area (Å²) in [6.07, 6.45) is 12.8. The van der Waals surface area contributed by atoms with E-state index in [9.17, 15) is 59.4 Å². The van der Waals surface area contributed by atoms with E-state index in [1.165, 1.54) is 0 Å². The molecule has 0 aliphatic heterocycles. The van der Waals surface area contributed by atoms with Crippen LogP contribution in [0.3, 0.4) is 0 Å². The molecule has 0 bridgehead atoms. The van der Waals surface area contributed by atoms with Crippen molar-refractivity contribution >= 4 is 79.4 Å². The summed E-state index contributed by atoms with van der Waals surface area (Å²) in [5.74, 6) is -6.71. The van der Waals surface area contributed by atoms with E-state index < -0.39 is 35.8 Å². The number of fused-ring (bicyclic) bond motifs is 6. The number of hydrogen-bond donors (Lipinski definition) is 0. The van der Waals surface area contributed by atoms with Gasteiger partial charge in [-0.15, -0.1) is 0 Å². The van der Waals surface area contributed by atoms with Crippen molar-refractivity contribution in [3.63, 3.8) is 0 Å². The first-order valence-corrected chi connectivity index (χ1v) is 30.3. The van der Waals surface area contributed by atoms with Crippen LogP contribution in [0.15, 0.2) is 243 Å². The molecule has 0 aliphatic rings. The van der Waals surface area contributed by atoms with Crippen molar-refractivity contribution in [1.29, 1.82) is 0 Å². The van der Waals surface area contributed by atoms with Crippen LogP contribution in [0, 0.1) is 75.5 Å². The molecule has 0 saturated heterocycles. The third kappa shape index (κ3) is 26.9. The number of carboxylic acid groups (broad SMARTS) is 6. The van der Waals surface area contributed by atoms with E-state index in [0.717, 1.165) is 116 Å². The van der Waals surface area contributed by atoms with Gasteiger partial charge in [-0.25, -0.2) is 0 Å². The molecule has 12 rings (SSSR count). The maximum atomic E-state index is 10.3. The Morgan fingerprint density at radius 1 is 0.229 bits per heavy atom. The molecule has 12 aromatic rings. The summed E-state index contributed by atoms with van der Waals surface area (Å²) >= 11 is 0. The Morgan fingerprint density at radius 2 is 0.365 bits per heavy atom. The minimum atomic E-state index is -1.12. The molecule has 0 spiro atoms. The first kappa shape index (κ1) is 81.0. The molecule has 96 heavy (non-hydrogen) atoms. The van der Waals surface area contributed by atoms with Crippen molar-refractivity contribution in [1.82, 2.24) is 19.9 Å². The maximum Gasteiger partial charge on any atom is 3.00 e. The SMILES string of the molecule is CCc1ccc(C(=O)[O-])cc1.CCc1ccc(C(=O)[O-])cc1.CCc1ccc(C(=O)[O-])cc1.CCc1ccc(C(=O)[O-])cc1.CCc1ccc(C(=O)[O-])cc1.CCc1ccc(C(=O)[O-])cc1.[Ho+3].[Ho+3].c1cnc2c(c1)ccc1cccnc12.c1cnc2c(c1)ccc1cccnc12. The molecule has 0 radical (unpaired) electrons. The standard InChI is InChI=1S/2C12H8N2.6C9H10O2.2Ho/c2*1-3-9-5-6-10-4-2-8-14-12(10)11(9)13-7-1;6*1-2-7-3-5-8(6-4-7)9(10)11;;/h2*1-8H;6*3-6H,2H2,1H3,(H,10,11);;/q;;;;;;;;2*+3/p-6. The van der Waals surface area contributed by atoms with Gasteiger partial charge in [0.25, 0.3) is 0 Å². The number of nitrogens with zero attached hydrogens (tertiary/aromatic N) is 4. The largest absolute Gasteiger partial charge is 3.00 e. The van der Waals surface area contributed by atoms with Crippen LogP contribution in [-0.4, -0.2) is 55.8 Å². The van der Waals surface area contributed by atoms with Gasteiger partial charge in [0.1, 0.15) is 0 Å². The first-order chi connectivity index (χ1) is 45.3. The van der Waals surface area contributed by atoms with Crippen LogP contribution < -0.4 is 30.6 Å². The quantitative estimate of drug-likeness (QED) is 0.0813. The average molecular weight is 1590 g/mol. The van der Waals surface area contributed by atoms with Gasteiger partial charge in [-0.1, -0.05) is 236 Å². The Hall–Kier alpha value is -9.26. The van der Waals surface area contributed by atoms with Gasteiger partial charge in [0.05, 0.1) is 57.9 Å². The number of carbonyl (C=O) groups is 6. The predicted molar refractivity (Wildman–Crippen MR) is 355 cm³/mol. The minimum absolute atomic E-state index is 0. The molecule has 0 atom stereocenters. The number of rotatable bonds is 12. The molecule has 0 amide bonds. The predicted octanol–water partition coefficient (Wildman–Crippen LogP) is 9.24. The van der Waals surface area contributed by atoms with Crippen LogP contribution >= 0.6 is 0 Å².